The van der Waals surface area contributed by atoms with Crippen LogP contribution in [0, 0.1) is 0 Å². The van der Waals surface area contributed by atoms with Gasteiger partial charge in [-0.3, -0.25) is 19.2 Å². The third-order valence-corrected chi connectivity index (χ3v) is 7.31. The Bertz CT molecular complexity index is 1120. The zero-order valence-corrected chi connectivity index (χ0v) is 24.6. The minimum Gasteiger partial charge on any atom is -0.494 e. The lowest BCUT2D eigenvalue weighted by Crippen LogP contribution is -2.39. The summed E-state index contributed by atoms with van der Waals surface area (Å²) in [7, 11) is 0. The molecule has 2 saturated heterocycles. The van der Waals surface area contributed by atoms with Gasteiger partial charge < -0.3 is 20.1 Å². The van der Waals surface area contributed by atoms with Gasteiger partial charge >= 0.3 is 0 Å². The van der Waals surface area contributed by atoms with Crippen LogP contribution in [0.15, 0.2) is 48.5 Å². The van der Waals surface area contributed by atoms with Crippen LogP contribution in [0.3, 0.4) is 0 Å². The van der Waals surface area contributed by atoms with Crippen molar-refractivity contribution in [3.05, 3.63) is 48.5 Å². The first-order chi connectivity index (χ1) is 20.4. The molecule has 0 saturated carbocycles. The molecule has 4 amide bonds. The Balaban J connectivity index is 1.11. The van der Waals surface area contributed by atoms with Crippen LogP contribution in [-0.4, -0.2) is 62.0 Å². The molecule has 2 N–H and O–H groups in total. The Morgan fingerprint density at radius 3 is 1.36 bits per heavy atom. The number of carbonyl (C=O) groups is 4. The molecule has 0 radical (unpaired) electrons. The number of rotatable bonds is 17. The van der Waals surface area contributed by atoms with Crippen molar-refractivity contribution in [1.29, 1.82) is 0 Å². The molecule has 2 atom stereocenters. The maximum Gasteiger partial charge on any atom is 0.251 e. The highest BCUT2D eigenvalue weighted by Crippen LogP contribution is 2.27. The molecule has 2 aliphatic rings. The average molecular weight is 579 g/mol. The van der Waals surface area contributed by atoms with E-state index in [4.69, 9.17) is 9.47 Å². The van der Waals surface area contributed by atoms with E-state index in [1.54, 1.807) is 48.5 Å². The van der Waals surface area contributed by atoms with Crippen molar-refractivity contribution < 1.29 is 28.7 Å². The number of amides is 4. The fourth-order valence-corrected chi connectivity index (χ4v) is 5.10. The Labute approximate surface area is 247 Å². The minimum absolute atomic E-state index is 0.152. The summed E-state index contributed by atoms with van der Waals surface area (Å²) in [6, 6.07) is 13.1. The van der Waals surface area contributed by atoms with E-state index in [-0.39, 0.29) is 36.5 Å². The molecule has 0 spiro atoms. The molecule has 4 rings (SSSR count). The van der Waals surface area contributed by atoms with Crippen LogP contribution < -0.4 is 29.9 Å². The molecule has 2 heterocycles. The highest BCUT2D eigenvalue weighted by atomic mass is 16.5. The van der Waals surface area contributed by atoms with Gasteiger partial charge in [-0.15, -0.1) is 0 Å². The number of imide groups is 2. The zero-order chi connectivity index (χ0) is 29.9. The van der Waals surface area contributed by atoms with Gasteiger partial charge in [-0.2, -0.15) is 0 Å². The van der Waals surface area contributed by atoms with E-state index in [0.717, 1.165) is 38.5 Å². The maximum absolute atomic E-state index is 12.9. The van der Waals surface area contributed by atoms with E-state index in [1.807, 2.05) is 13.8 Å². The quantitative estimate of drug-likeness (QED) is 0.214. The smallest absolute Gasteiger partial charge is 0.251 e. The Kier molecular flexibility index (Phi) is 11.5. The molecule has 0 aromatic heterocycles. The third kappa shape index (κ3) is 7.95. The first-order valence-corrected chi connectivity index (χ1v) is 15.1. The fourth-order valence-electron chi connectivity index (χ4n) is 5.10. The van der Waals surface area contributed by atoms with Gasteiger partial charge in [0, 0.05) is 0 Å². The van der Waals surface area contributed by atoms with Crippen LogP contribution in [0.25, 0.3) is 0 Å². The van der Waals surface area contributed by atoms with Crippen LogP contribution in [0.1, 0.15) is 65.2 Å². The highest BCUT2D eigenvalue weighted by molar-refractivity contribution is 6.23. The second-order valence-electron chi connectivity index (χ2n) is 10.7. The van der Waals surface area contributed by atoms with Crippen LogP contribution in [0.5, 0.6) is 11.5 Å². The summed E-state index contributed by atoms with van der Waals surface area (Å²) in [6.07, 6.45) is 5.75. The number of anilines is 2. The molecule has 0 aliphatic carbocycles. The van der Waals surface area contributed by atoms with E-state index in [9.17, 15) is 19.2 Å². The summed E-state index contributed by atoms with van der Waals surface area (Å²) in [4.78, 5) is 53.3. The molecular weight excluding hydrogens is 536 g/mol. The van der Waals surface area contributed by atoms with Gasteiger partial charge in [0.05, 0.1) is 49.5 Å². The minimum atomic E-state index is -0.510. The van der Waals surface area contributed by atoms with Gasteiger partial charge in [-0.1, -0.05) is 26.7 Å². The molecule has 10 heteroatoms. The van der Waals surface area contributed by atoms with Crippen molar-refractivity contribution in [3.8, 4) is 11.5 Å². The highest BCUT2D eigenvalue weighted by Gasteiger charge is 2.40. The van der Waals surface area contributed by atoms with Crippen molar-refractivity contribution in [2.24, 2.45) is 0 Å². The Hall–Kier alpha value is -3.76. The Morgan fingerprint density at radius 2 is 1.00 bits per heavy atom. The van der Waals surface area contributed by atoms with E-state index < -0.39 is 12.1 Å². The first kappa shape index (κ1) is 31.2. The van der Waals surface area contributed by atoms with Gasteiger partial charge in [-0.05, 0) is 87.3 Å². The van der Waals surface area contributed by atoms with Crippen LogP contribution >= 0.6 is 0 Å². The van der Waals surface area contributed by atoms with Crippen LogP contribution in [0.2, 0.25) is 0 Å². The Morgan fingerprint density at radius 1 is 0.619 bits per heavy atom. The monoisotopic (exact) mass is 578 g/mol. The number of unbranched alkanes of at least 4 members (excludes halogenated alkanes) is 3. The van der Waals surface area contributed by atoms with Crippen molar-refractivity contribution in [2.75, 3.05) is 36.1 Å². The van der Waals surface area contributed by atoms with Crippen molar-refractivity contribution in [1.82, 2.24) is 10.6 Å². The second kappa shape index (κ2) is 15.5. The largest absolute Gasteiger partial charge is 0.494 e. The topological polar surface area (TPSA) is 117 Å². The maximum atomic E-state index is 12.9. The summed E-state index contributed by atoms with van der Waals surface area (Å²) >= 11 is 0. The summed E-state index contributed by atoms with van der Waals surface area (Å²) in [6.45, 7) is 6.58. The molecule has 0 bridgehead atoms. The summed E-state index contributed by atoms with van der Waals surface area (Å²) in [5.74, 6) is 0.571. The van der Waals surface area contributed by atoms with Crippen LogP contribution in [-0.2, 0) is 19.2 Å². The number of nitrogens with zero attached hydrogens (tertiary/aromatic N) is 2. The molecule has 10 nitrogen and oxygen atoms in total. The summed E-state index contributed by atoms with van der Waals surface area (Å²) < 4.78 is 11.2. The van der Waals surface area contributed by atoms with Gasteiger partial charge in [-0.25, -0.2) is 9.80 Å². The normalized spacial score (nSPS) is 18.8. The third-order valence-electron chi connectivity index (χ3n) is 7.31. The molecule has 0 unspecified atom stereocenters. The number of carbonyl (C=O) groups excluding carboxylic acids is 4. The van der Waals surface area contributed by atoms with Gasteiger partial charge in [0.1, 0.15) is 11.5 Å². The van der Waals surface area contributed by atoms with E-state index in [1.165, 1.54) is 9.80 Å². The fraction of sp³-hybridized carbons (Fsp3) is 0.500. The summed E-state index contributed by atoms with van der Waals surface area (Å²) in [5.41, 5.74) is 1.12. The number of ether oxygens (including phenoxy) is 2. The van der Waals surface area contributed by atoms with Crippen molar-refractivity contribution in [2.45, 2.75) is 77.3 Å². The predicted octanol–water partition coefficient (Wildman–Crippen LogP) is 3.97. The van der Waals surface area contributed by atoms with Gasteiger partial charge in [0.15, 0.2) is 0 Å². The molecular formula is C32H42N4O6. The number of benzene rings is 2. The second-order valence-corrected chi connectivity index (χ2v) is 10.7. The summed E-state index contributed by atoms with van der Waals surface area (Å²) in [5, 5.41) is 6.47. The average Bonchev–Trinajstić information content (AvgIpc) is 3.44. The molecule has 226 valence electrons. The first-order valence-electron chi connectivity index (χ1n) is 15.1. The molecule has 42 heavy (non-hydrogen) atoms. The number of hydrogen-bond donors (Lipinski definition) is 2. The van der Waals surface area contributed by atoms with Gasteiger partial charge in [0.2, 0.25) is 11.8 Å². The van der Waals surface area contributed by atoms with E-state index in [0.29, 0.717) is 49.2 Å². The molecule has 2 aromatic carbocycles. The van der Waals surface area contributed by atoms with Crippen molar-refractivity contribution >= 4 is 35.0 Å². The lowest BCUT2D eigenvalue weighted by atomic mass is 10.1. The van der Waals surface area contributed by atoms with E-state index >= 15 is 0 Å². The van der Waals surface area contributed by atoms with Crippen LogP contribution in [0.4, 0.5) is 11.4 Å². The van der Waals surface area contributed by atoms with Gasteiger partial charge in [0.25, 0.3) is 11.8 Å². The lowest BCUT2D eigenvalue weighted by molar-refractivity contribution is -0.123. The number of hydrogen-bond acceptors (Lipinski definition) is 8. The molecule has 2 fully saturated rings. The standard InChI is InChI=1S/C32H42N4O6/c1-3-19-41-25-13-9-23(10-14-25)35-29(37)21-27(31(35)39)33-17-7-5-6-8-18-34-28-22-30(38)36(32(28)40)24-11-15-26(16-12-24)42-20-4-2/h9-16,27-28,33-34H,3-8,17-22H2,1-2H3/t27-,28-/m1/s1. The lowest BCUT2D eigenvalue weighted by Gasteiger charge is -2.16. The molecule has 2 aromatic rings. The molecule has 2 aliphatic heterocycles. The zero-order valence-electron chi connectivity index (χ0n) is 24.6. The van der Waals surface area contributed by atoms with Crippen molar-refractivity contribution in [3.63, 3.8) is 0 Å². The van der Waals surface area contributed by atoms with E-state index in [2.05, 4.69) is 10.6 Å². The SMILES string of the molecule is CCCOc1ccc(N2C(=O)C[C@@H](NCCCCCCN[C@@H]3CC(=O)N(c4ccc(OCCC)cc4)C3=O)C2=O)cc1. The predicted molar refractivity (Wildman–Crippen MR) is 161 cm³/mol. The number of nitrogens with one attached hydrogen (secondary N) is 2.